The monoisotopic (exact) mass is 384 g/mol. The average Bonchev–Trinajstić information content (AvgIpc) is 3.26. The molecule has 3 rings (SSSR count). The summed E-state index contributed by atoms with van der Waals surface area (Å²) < 4.78 is 16.3. The molecule has 0 spiro atoms. The van der Waals surface area contributed by atoms with Crippen molar-refractivity contribution in [1.82, 2.24) is 10.2 Å². The molecule has 6 heteroatoms. The molecule has 1 aromatic heterocycles. The molecule has 2 aromatic rings. The molecule has 0 bridgehead atoms. The number of fused-ring (bicyclic) bond motifs is 1. The van der Waals surface area contributed by atoms with Crippen molar-refractivity contribution in [2.45, 2.75) is 31.8 Å². The fourth-order valence-corrected chi connectivity index (χ4v) is 3.92. The Hall–Kier alpha value is -2.73. The summed E-state index contributed by atoms with van der Waals surface area (Å²) >= 11 is 0. The molecule has 1 N–H and O–H groups in total. The summed E-state index contributed by atoms with van der Waals surface area (Å²) in [6.07, 6.45) is 5.09. The van der Waals surface area contributed by atoms with E-state index in [9.17, 15) is 4.79 Å². The van der Waals surface area contributed by atoms with Crippen LogP contribution in [-0.2, 0) is 6.42 Å². The van der Waals surface area contributed by atoms with Crippen molar-refractivity contribution < 1.29 is 18.7 Å². The number of nitrogens with zero attached hydrogens (tertiary/aromatic N) is 1. The third-order valence-electron chi connectivity index (χ3n) is 5.27. The van der Waals surface area contributed by atoms with Crippen LogP contribution < -0.4 is 14.8 Å². The summed E-state index contributed by atoms with van der Waals surface area (Å²) in [4.78, 5) is 15.0. The van der Waals surface area contributed by atoms with E-state index in [1.807, 2.05) is 18.2 Å². The summed E-state index contributed by atoms with van der Waals surface area (Å²) in [5, 5.41) is 3.15. The average molecular weight is 384 g/mol. The van der Waals surface area contributed by atoms with Crippen LogP contribution in [0.5, 0.6) is 11.5 Å². The number of rotatable bonds is 8. The van der Waals surface area contributed by atoms with Crippen molar-refractivity contribution in [3.8, 4) is 11.5 Å². The van der Waals surface area contributed by atoms with E-state index < -0.39 is 0 Å². The summed E-state index contributed by atoms with van der Waals surface area (Å²) in [6, 6.07) is 7.39. The maximum Gasteiger partial charge on any atom is 0.287 e. The molecule has 28 heavy (non-hydrogen) atoms. The Morgan fingerprint density at radius 1 is 1.39 bits per heavy atom. The van der Waals surface area contributed by atoms with Gasteiger partial charge in [-0.1, -0.05) is 13.0 Å². The highest BCUT2D eigenvalue weighted by molar-refractivity contribution is 5.91. The Bertz CT molecular complexity index is 816. The summed E-state index contributed by atoms with van der Waals surface area (Å²) in [5.41, 5.74) is 2.37. The Kier molecular flexibility index (Phi) is 6.41. The molecule has 0 radical (unpaired) electrons. The van der Waals surface area contributed by atoms with Gasteiger partial charge in [0.2, 0.25) is 0 Å². The Balaban J connectivity index is 1.99. The number of ether oxygens (including phenoxy) is 2. The molecule has 0 fully saturated rings. The first-order valence-corrected chi connectivity index (χ1v) is 9.57. The molecule has 1 amide bonds. The third-order valence-corrected chi connectivity index (χ3v) is 5.27. The van der Waals surface area contributed by atoms with Crippen LogP contribution in [0.25, 0.3) is 0 Å². The quantitative estimate of drug-likeness (QED) is 0.705. The topological polar surface area (TPSA) is 63.9 Å². The van der Waals surface area contributed by atoms with Crippen LogP contribution in [0.15, 0.2) is 47.6 Å². The molecular weight excluding hydrogens is 356 g/mol. The van der Waals surface area contributed by atoms with E-state index in [-0.39, 0.29) is 18.0 Å². The lowest BCUT2D eigenvalue weighted by molar-refractivity contribution is 0.0853. The van der Waals surface area contributed by atoms with Crippen molar-refractivity contribution in [1.29, 1.82) is 0 Å². The van der Waals surface area contributed by atoms with Crippen LogP contribution in [0.2, 0.25) is 0 Å². The number of carbonyl (C=O) groups excluding carboxylic acids is 1. The number of amides is 1. The zero-order valence-electron chi connectivity index (χ0n) is 16.7. The molecule has 6 nitrogen and oxygen atoms in total. The molecule has 1 aromatic carbocycles. The second-order valence-corrected chi connectivity index (χ2v) is 6.85. The molecule has 150 valence electrons. The predicted molar refractivity (Wildman–Crippen MR) is 108 cm³/mol. The molecule has 0 unspecified atom stereocenters. The van der Waals surface area contributed by atoms with Crippen LogP contribution in [0.1, 0.15) is 41.1 Å². The van der Waals surface area contributed by atoms with Gasteiger partial charge in [-0.3, -0.25) is 9.69 Å². The maximum atomic E-state index is 12.6. The second-order valence-electron chi connectivity index (χ2n) is 6.85. The Labute approximate surface area is 166 Å². The van der Waals surface area contributed by atoms with Crippen molar-refractivity contribution in [2.75, 3.05) is 27.3 Å². The van der Waals surface area contributed by atoms with Crippen molar-refractivity contribution in [2.24, 2.45) is 0 Å². The molecule has 0 saturated heterocycles. The number of hydrogen-bond donors (Lipinski definition) is 1. The second kappa shape index (κ2) is 8.97. The standard InChI is InChI=1S/C22H28N2O4/c1-5-10-24-11-9-15-13-19(26-3)20(27-4)14-16(15)21(24)17(6-2)23-22(25)18-8-7-12-28-18/h5,7-8,12-14,17,21H,1,6,9-11H2,2-4H3,(H,23,25)/t17-,21-/m1/s1. The van der Waals surface area contributed by atoms with E-state index in [0.717, 1.165) is 37.2 Å². The van der Waals surface area contributed by atoms with Gasteiger partial charge in [-0.15, -0.1) is 6.58 Å². The summed E-state index contributed by atoms with van der Waals surface area (Å²) in [6.45, 7) is 7.60. The predicted octanol–water partition coefficient (Wildman–Crippen LogP) is 3.59. The first-order valence-electron chi connectivity index (χ1n) is 9.57. The van der Waals surface area contributed by atoms with Gasteiger partial charge in [-0.25, -0.2) is 0 Å². The van der Waals surface area contributed by atoms with Crippen LogP contribution in [0.3, 0.4) is 0 Å². The summed E-state index contributed by atoms with van der Waals surface area (Å²) in [5.74, 6) is 1.53. The van der Waals surface area contributed by atoms with Gasteiger partial charge in [-0.2, -0.15) is 0 Å². The zero-order chi connectivity index (χ0) is 20.1. The molecule has 0 saturated carbocycles. The van der Waals surface area contributed by atoms with Crippen molar-refractivity contribution >= 4 is 5.91 Å². The largest absolute Gasteiger partial charge is 0.493 e. The van der Waals surface area contributed by atoms with Gasteiger partial charge in [0.05, 0.1) is 26.5 Å². The van der Waals surface area contributed by atoms with Crippen LogP contribution >= 0.6 is 0 Å². The van der Waals surface area contributed by atoms with E-state index in [0.29, 0.717) is 11.5 Å². The van der Waals surface area contributed by atoms with E-state index in [1.165, 1.54) is 11.8 Å². The highest BCUT2D eigenvalue weighted by Crippen LogP contribution is 2.40. The molecule has 2 heterocycles. The number of furan rings is 1. The van der Waals surface area contributed by atoms with Crippen LogP contribution in [0, 0.1) is 0 Å². The smallest absolute Gasteiger partial charge is 0.287 e. The number of carbonyl (C=O) groups is 1. The first kappa shape index (κ1) is 20.0. The lowest BCUT2D eigenvalue weighted by Crippen LogP contribution is -2.48. The number of nitrogens with one attached hydrogen (secondary N) is 1. The van der Waals surface area contributed by atoms with Gasteiger partial charge in [0, 0.05) is 19.1 Å². The van der Waals surface area contributed by atoms with Crippen LogP contribution in [0.4, 0.5) is 0 Å². The highest BCUT2D eigenvalue weighted by Gasteiger charge is 2.34. The van der Waals surface area contributed by atoms with E-state index in [1.54, 1.807) is 26.4 Å². The van der Waals surface area contributed by atoms with Crippen molar-refractivity contribution in [3.05, 3.63) is 60.1 Å². The number of benzene rings is 1. The van der Waals surface area contributed by atoms with Gasteiger partial charge in [0.15, 0.2) is 17.3 Å². The maximum absolute atomic E-state index is 12.6. The Morgan fingerprint density at radius 3 is 2.75 bits per heavy atom. The molecule has 2 atom stereocenters. The third kappa shape index (κ3) is 3.92. The lowest BCUT2D eigenvalue weighted by Gasteiger charge is -2.41. The minimum Gasteiger partial charge on any atom is -0.493 e. The molecular formula is C22H28N2O4. The van der Waals surface area contributed by atoms with Gasteiger partial charge in [-0.05, 0) is 48.2 Å². The minimum absolute atomic E-state index is 0.00506. The lowest BCUT2D eigenvalue weighted by atomic mass is 9.86. The van der Waals surface area contributed by atoms with Gasteiger partial charge in [0.25, 0.3) is 5.91 Å². The molecule has 1 aliphatic heterocycles. The minimum atomic E-state index is -0.206. The highest BCUT2D eigenvalue weighted by atomic mass is 16.5. The molecule has 0 aliphatic carbocycles. The number of hydrogen-bond acceptors (Lipinski definition) is 5. The molecule has 1 aliphatic rings. The van der Waals surface area contributed by atoms with Crippen molar-refractivity contribution in [3.63, 3.8) is 0 Å². The van der Waals surface area contributed by atoms with Gasteiger partial charge < -0.3 is 19.2 Å². The SMILES string of the molecule is C=CCN1CCc2cc(OC)c(OC)cc2[C@@H]1[C@@H](CC)NC(=O)c1ccco1. The van der Waals surface area contributed by atoms with Crippen LogP contribution in [-0.4, -0.2) is 44.2 Å². The summed E-state index contributed by atoms with van der Waals surface area (Å²) in [7, 11) is 3.28. The van der Waals surface area contributed by atoms with E-state index in [4.69, 9.17) is 13.9 Å². The first-order chi connectivity index (χ1) is 13.6. The van der Waals surface area contributed by atoms with E-state index >= 15 is 0 Å². The number of methoxy groups -OCH3 is 2. The zero-order valence-corrected chi connectivity index (χ0v) is 16.7. The fraction of sp³-hybridized carbons (Fsp3) is 0.409. The van der Waals surface area contributed by atoms with Gasteiger partial charge >= 0.3 is 0 Å². The fourth-order valence-electron chi connectivity index (χ4n) is 3.92. The van der Waals surface area contributed by atoms with Gasteiger partial charge in [0.1, 0.15) is 0 Å². The Morgan fingerprint density at radius 2 is 2.14 bits per heavy atom. The van der Waals surface area contributed by atoms with E-state index in [2.05, 4.69) is 23.7 Å². The normalized spacial score (nSPS) is 17.5.